The van der Waals surface area contributed by atoms with Gasteiger partial charge >= 0.3 is 35.8 Å². The third-order valence-electron chi connectivity index (χ3n) is 14.0. The smallest absolute Gasteiger partial charge is 0.354 e. The molecule has 8 heterocycles. The van der Waals surface area contributed by atoms with Crippen molar-refractivity contribution < 1.29 is 119 Å². The van der Waals surface area contributed by atoms with E-state index in [-0.39, 0.29) is 81.7 Å². The molecule has 7 aromatic rings. The molecule has 6 aromatic heterocycles. The highest BCUT2D eigenvalue weighted by atomic mass is 127. The summed E-state index contributed by atoms with van der Waals surface area (Å²) in [6.07, 6.45) is 7.99. The van der Waals surface area contributed by atoms with E-state index >= 15 is 0 Å². The number of guanidine groups is 2. The number of aliphatic imine (C=N–C) groups is 3. The number of phenolic OH excluding ortho intramolecular Hbond substituents is 1. The van der Waals surface area contributed by atoms with Crippen LogP contribution in [0.3, 0.4) is 0 Å². The number of aromatic nitrogens is 6. The van der Waals surface area contributed by atoms with Gasteiger partial charge in [0.1, 0.15) is 39.9 Å². The van der Waals surface area contributed by atoms with Crippen LogP contribution in [0.15, 0.2) is 107 Å². The maximum atomic E-state index is 12.6. The minimum absolute atomic E-state index is 0. The Hall–Kier alpha value is -12.6. The molecule has 0 spiro atoms. The number of isothiocyanates is 1. The second kappa shape index (κ2) is 57.4. The number of benzene rings is 1. The summed E-state index contributed by atoms with van der Waals surface area (Å²) in [4.78, 5) is 141. The lowest BCUT2D eigenvalue weighted by Gasteiger charge is -2.19. The number of phenols is 1. The van der Waals surface area contributed by atoms with E-state index in [0.29, 0.717) is 66.5 Å². The Bertz CT molecular complexity index is 4580. The number of alkyl halides is 1. The van der Waals surface area contributed by atoms with Gasteiger partial charge in [0.2, 0.25) is 5.91 Å². The molecule has 3 unspecified atom stereocenters. The molecule has 2 aliphatic heterocycles. The van der Waals surface area contributed by atoms with E-state index in [9.17, 15) is 83.8 Å². The van der Waals surface area contributed by atoms with Crippen LogP contribution < -0.4 is 43.4 Å². The maximum Gasteiger partial charge on any atom is 0.354 e. The molecular formula is C67H95Cl2IN20O27S. The van der Waals surface area contributed by atoms with Crippen LogP contribution in [0.25, 0.3) is 0 Å². The number of thiocarbonyl (C=S) groups is 1. The molecule has 652 valence electrons. The first-order valence-electron chi connectivity index (χ1n) is 32.8. The topological polar surface area (TPSA) is 695 Å². The number of carboxylic acid groups (broad SMARTS) is 4. The summed E-state index contributed by atoms with van der Waals surface area (Å²) in [5.74, 6) is -6.17. The van der Waals surface area contributed by atoms with E-state index in [2.05, 4.69) is 91.2 Å². The summed E-state index contributed by atoms with van der Waals surface area (Å²) in [6.45, 7) is 4.53. The van der Waals surface area contributed by atoms with Crippen LogP contribution in [0.1, 0.15) is 109 Å². The summed E-state index contributed by atoms with van der Waals surface area (Å²) < 4.78 is 17.7. The van der Waals surface area contributed by atoms with Crippen LogP contribution in [0, 0.1) is 30.3 Å². The van der Waals surface area contributed by atoms with E-state index < -0.39 is 93.6 Å². The van der Waals surface area contributed by atoms with E-state index in [1.807, 2.05) is 17.0 Å². The summed E-state index contributed by atoms with van der Waals surface area (Å²) in [5.41, 5.74) is 13.2. The molecule has 9 rings (SSSR count). The zero-order valence-corrected chi connectivity index (χ0v) is 69.1. The number of aliphatic hydroxyl groups excluding tert-OH is 4. The Labute approximate surface area is 701 Å². The molecule has 3 amide bonds. The van der Waals surface area contributed by atoms with E-state index in [0.717, 1.165) is 25.8 Å². The van der Waals surface area contributed by atoms with Crippen molar-refractivity contribution in [2.75, 3.05) is 81.9 Å². The predicted octanol–water partition coefficient (Wildman–Crippen LogP) is 4.06. The number of ether oxygens (including phenoxy) is 2. The summed E-state index contributed by atoms with van der Waals surface area (Å²) in [6, 6.07) is 11.6. The van der Waals surface area contributed by atoms with Crippen molar-refractivity contribution in [1.29, 1.82) is 0 Å². The number of carboxylic acids is 4. The van der Waals surface area contributed by atoms with Crippen LogP contribution in [0.4, 0.5) is 28.4 Å². The first-order valence-corrected chi connectivity index (χ1v) is 36.1. The molecule has 51 heteroatoms. The number of hydrogen-bond acceptors (Lipinski definition) is 31. The number of β-amino-alcohol motifs (C(OH)–C–C–N with tert-alkyl or cyclic N) is 2. The monoisotopic (exact) mass is 1840 g/mol. The number of methoxy groups -OCH3 is 2. The van der Waals surface area contributed by atoms with Crippen molar-refractivity contribution in [2.24, 2.45) is 63.0 Å². The highest BCUT2D eigenvalue weighted by Crippen LogP contribution is 2.36. The average molecular weight is 1840 g/mol. The molecule has 118 heavy (non-hydrogen) atoms. The molecule has 2 aliphatic rings. The number of nitrogens with one attached hydrogen (secondary N) is 6. The Morgan fingerprint density at radius 2 is 1.11 bits per heavy atom. The van der Waals surface area contributed by atoms with Crippen molar-refractivity contribution in [1.82, 2.24) is 48.7 Å². The van der Waals surface area contributed by atoms with Crippen molar-refractivity contribution in [3.8, 4) is 5.75 Å². The second-order valence-electron chi connectivity index (χ2n) is 22.7. The first kappa shape index (κ1) is 110. The van der Waals surface area contributed by atoms with Crippen molar-refractivity contribution in [3.63, 3.8) is 0 Å². The number of halogens is 3. The molecule has 0 saturated heterocycles. The van der Waals surface area contributed by atoms with Crippen LogP contribution in [-0.2, 0) is 66.1 Å². The van der Waals surface area contributed by atoms with Gasteiger partial charge in [0, 0.05) is 123 Å². The minimum atomic E-state index is -1.50. The number of nitrogen functional groups attached to an aromatic ring is 1. The number of amides is 3. The lowest BCUT2D eigenvalue weighted by Crippen LogP contribution is -2.42. The lowest BCUT2D eigenvalue weighted by atomic mass is 10.0. The second-order valence-corrected chi connectivity index (χ2v) is 23.7. The van der Waals surface area contributed by atoms with Gasteiger partial charge in [0.15, 0.2) is 11.9 Å². The van der Waals surface area contributed by atoms with Gasteiger partial charge in [-0.1, -0.05) is 60.1 Å². The largest absolute Gasteiger partial charge is 0.506 e. The molecule has 0 bridgehead atoms. The number of aromatic hydroxyl groups is 1. The first-order chi connectivity index (χ1) is 54.8. The van der Waals surface area contributed by atoms with Crippen LogP contribution >= 0.6 is 58.0 Å². The number of aliphatic carboxylic acids is 1. The van der Waals surface area contributed by atoms with Gasteiger partial charge in [0.25, 0.3) is 28.3 Å². The molecule has 20 N–H and O–H groups in total. The number of carbonyl (C=O) groups excluding carboxylic acids is 5. The van der Waals surface area contributed by atoms with Gasteiger partial charge in [0.05, 0.1) is 114 Å². The van der Waals surface area contributed by atoms with E-state index in [4.69, 9.17) is 75.5 Å². The highest BCUT2D eigenvalue weighted by Gasteiger charge is 2.25. The molecule has 0 fully saturated rings. The van der Waals surface area contributed by atoms with Crippen LogP contribution in [-0.4, -0.2) is 248 Å². The third-order valence-corrected chi connectivity index (χ3v) is 14.6. The van der Waals surface area contributed by atoms with Crippen LogP contribution in [0.2, 0.25) is 10.0 Å². The molecule has 0 radical (unpaired) electrons. The number of nitro groups is 2. The lowest BCUT2D eigenvalue weighted by molar-refractivity contribution is -0.742. The number of anilines is 3. The third kappa shape index (κ3) is 41.6. The van der Waals surface area contributed by atoms with Gasteiger partial charge in [-0.05, 0) is 66.0 Å². The standard InChI is InChI=1S/C21H24Cl2N6O6.C10H14N4O3.C7H8N2O4.C7H10N2O2.C6H6N2O4.C6H7NO2.C4H11NO.C3H3NOS.CH3I.CH4O.CH4.HNO3/c1-29-9-11(27-21-25-6-12(30)7-26-21)4-16(29)20(35)24-8-17(31)28-15(5-18(32)33)13-2-10(22)3-14(23)19(13)34;1-14-5-6(2-8(14)9(16)17)13-10-11-3-7(15)4-12-10;1-8-4-5(9(11)12)3-6(8)7(10)13-2;1-9-4-5(8)3-6(9)7(10)11-2;1-7-3-4(8(11)12)2-5(7)6(9)10;1-7-4-2-3-5(7)6(8)9;1-2-4(6)3-5;1-3(5)4-2-6;2*1-2;;2-1(3)4/h2-4,9,12,15,30,34H,5-8H2,1H3,(H,24,35)(H,28,31)(H,32,33)(H2,25,26,27);2,5,7,15H,3-4H2,1H3,(H,16,17)(H2,11,12,13);3-4H,1-2H3;3-4H,8H2,1-2H3;2-3H,1H3,(H,9,10);2-4H,1H3,(H,8,9);4,6H,2-3,5H2,1H3;1H3;1H3;2H,1H3;1H4;(H,2,3,4)/t15-;;;;;;;;;;;/m0.........../s1. The van der Waals surface area contributed by atoms with Gasteiger partial charge in [-0.25, -0.2) is 24.0 Å². The molecule has 47 nitrogen and oxygen atoms in total. The Balaban J connectivity index is -0.00000136. The van der Waals surface area contributed by atoms with Gasteiger partial charge in [-0.3, -0.25) is 49.4 Å². The number of aromatic carboxylic acids is 3. The molecular weight excluding hydrogens is 1750 g/mol. The summed E-state index contributed by atoms with van der Waals surface area (Å²) in [7, 11) is 13.3. The highest BCUT2D eigenvalue weighted by molar-refractivity contribution is 14.1. The fourth-order valence-corrected chi connectivity index (χ4v) is 9.23. The number of carbonyl (C=O) groups is 9. The fourth-order valence-electron chi connectivity index (χ4n) is 8.60. The number of nitrogens with zero attached hydrogens (tertiary/aromatic N) is 12. The molecule has 1 aromatic carbocycles. The average Bonchev–Trinajstić information content (AvgIpc) is 1.35. The number of esters is 2. The zero-order chi connectivity index (χ0) is 90.3. The predicted molar refractivity (Wildman–Crippen MR) is 442 cm³/mol. The zero-order valence-electron chi connectivity index (χ0n) is 64.6. The molecule has 0 saturated carbocycles. The summed E-state index contributed by atoms with van der Waals surface area (Å²) in [5, 5.41) is 132. The molecule has 0 aliphatic carbocycles. The van der Waals surface area contributed by atoms with Gasteiger partial charge in [-0.2, -0.15) is 4.99 Å². The van der Waals surface area contributed by atoms with Gasteiger partial charge < -0.3 is 131 Å². The Kier molecular flexibility index (Phi) is 53.3. The van der Waals surface area contributed by atoms with Crippen molar-refractivity contribution in [2.45, 2.75) is 58.5 Å². The summed E-state index contributed by atoms with van der Waals surface area (Å²) >= 11 is 18.1. The Morgan fingerprint density at radius 3 is 1.42 bits per heavy atom. The van der Waals surface area contributed by atoms with Crippen molar-refractivity contribution in [3.05, 3.63) is 172 Å². The quantitative estimate of drug-likeness (QED) is 0.0110. The molecule has 4 atom stereocenters. The number of aryl methyl sites for hydroxylation is 6. The fraction of sp³-hybridized carbons (Fsp3) is 0.373. The number of rotatable bonds is 18. The Morgan fingerprint density at radius 1 is 0.695 bits per heavy atom. The van der Waals surface area contributed by atoms with Gasteiger partial charge in [-0.15, -0.1) is 10.1 Å². The van der Waals surface area contributed by atoms with Crippen molar-refractivity contribution >= 4 is 157 Å². The minimum Gasteiger partial charge on any atom is -0.506 e. The number of nitrogens with two attached hydrogens (primary N) is 2. The maximum absolute atomic E-state index is 12.6. The SMILES string of the molecule is C.CC(=O)N=C=S.CCC(O)CN.CI.CO.COC(=O)c1cc(N)cn1C.COC(=O)c1cc([N+](=O)[O-])cn1C.Cn1cc(NC2=NCC(O)CN2)cc1C(=O)NCC(=O)N[C@@H](CC(=O)O)c1cc(Cl)cc(Cl)c1O.Cn1cc(NC2=NCC(O)CN2)cc1C(=O)O.Cn1cc([N+](=O)[O-])cc1C(=O)O.Cn1cccc1C(=O)O.O=[N+]([O-])O. The number of aliphatic hydroxyl groups is 4. The van der Waals surface area contributed by atoms with Crippen LogP contribution in [0.5, 0.6) is 5.75 Å². The van der Waals surface area contributed by atoms with E-state index in [1.165, 1.54) is 72.4 Å². The normalized spacial score (nSPS) is 12.6. The number of hydrogen-bond donors (Lipinski definition) is 18. The van der Waals surface area contributed by atoms with E-state index in [1.54, 1.807) is 98.0 Å².